The lowest BCUT2D eigenvalue weighted by Gasteiger charge is -2.13. The van der Waals surface area contributed by atoms with Crippen LogP contribution in [0.25, 0.3) is 0 Å². The van der Waals surface area contributed by atoms with E-state index in [1.807, 2.05) is 6.92 Å². The van der Waals surface area contributed by atoms with Gasteiger partial charge in [0.05, 0.1) is 6.04 Å². The number of alkyl halides is 3. The lowest BCUT2D eigenvalue weighted by molar-refractivity contribution is -0.274. The Hall–Kier alpha value is -2.61. The van der Waals surface area contributed by atoms with Gasteiger partial charge in [0.15, 0.2) is 5.78 Å². The third-order valence-electron chi connectivity index (χ3n) is 3.64. The summed E-state index contributed by atoms with van der Waals surface area (Å²) in [6.07, 6.45) is -2.59. The van der Waals surface area contributed by atoms with Gasteiger partial charge in [-0.25, -0.2) is 4.98 Å². The van der Waals surface area contributed by atoms with Gasteiger partial charge in [0.1, 0.15) is 11.5 Å². The van der Waals surface area contributed by atoms with E-state index in [-0.39, 0.29) is 29.6 Å². The number of aromatic nitrogens is 1. The number of hydrogen-bond donors (Lipinski definition) is 1. The molecule has 0 unspecified atom stereocenters. The first-order chi connectivity index (χ1) is 12.2. The van der Waals surface area contributed by atoms with Gasteiger partial charge in [-0.15, -0.1) is 13.2 Å². The molecule has 5 nitrogen and oxygen atoms in total. The average molecular weight is 368 g/mol. The van der Waals surface area contributed by atoms with Crippen molar-refractivity contribution in [1.82, 2.24) is 4.98 Å². The zero-order valence-electron chi connectivity index (χ0n) is 14.3. The molecule has 1 aromatic carbocycles. The highest BCUT2D eigenvalue weighted by Gasteiger charge is 2.31. The summed E-state index contributed by atoms with van der Waals surface area (Å²) in [4.78, 5) is 15.9. The molecule has 0 spiro atoms. The molecule has 0 amide bonds. The minimum Gasteiger partial charge on any atom is -0.439 e. The number of benzene rings is 1. The number of nitrogens with two attached hydrogens (primary N) is 1. The number of rotatable bonds is 7. The second-order valence-electron chi connectivity index (χ2n) is 5.74. The number of nitrogens with zero attached hydrogens (tertiary/aromatic N) is 1. The van der Waals surface area contributed by atoms with Crippen LogP contribution < -0.4 is 15.2 Å². The van der Waals surface area contributed by atoms with E-state index in [0.29, 0.717) is 17.5 Å². The van der Waals surface area contributed by atoms with Crippen LogP contribution in [0, 0.1) is 6.92 Å². The van der Waals surface area contributed by atoms with E-state index >= 15 is 0 Å². The molecule has 0 saturated carbocycles. The van der Waals surface area contributed by atoms with Crippen LogP contribution in [0.1, 0.15) is 24.5 Å². The van der Waals surface area contributed by atoms with Crippen molar-refractivity contribution < 1.29 is 27.4 Å². The van der Waals surface area contributed by atoms with Gasteiger partial charge in [0, 0.05) is 24.8 Å². The van der Waals surface area contributed by atoms with Gasteiger partial charge in [-0.3, -0.25) is 4.79 Å². The molecule has 0 aliphatic carbocycles. The Balaban J connectivity index is 2.07. The molecule has 2 aromatic rings. The molecule has 1 aromatic heterocycles. The fraction of sp³-hybridized carbons (Fsp3) is 0.333. The van der Waals surface area contributed by atoms with Gasteiger partial charge in [0.25, 0.3) is 0 Å². The Bertz CT molecular complexity index is 761. The summed E-state index contributed by atoms with van der Waals surface area (Å²) in [5, 5.41) is 0. The molecule has 1 heterocycles. The van der Waals surface area contributed by atoms with Crippen LogP contribution in [-0.4, -0.2) is 23.2 Å². The largest absolute Gasteiger partial charge is 0.573 e. The van der Waals surface area contributed by atoms with Gasteiger partial charge in [0.2, 0.25) is 5.88 Å². The molecule has 140 valence electrons. The van der Waals surface area contributed by atoms with Gasteiger partial charge in [-0.2, -0.15) is 0 Å². The predicted molar refractivity (Wildman–Crippen MR) is 89.2 cm³/mol. The zero-order chi connectivity index (χ0) is 19.3. The summed E-state index contributed by atoms with van der Waals surface area (Å²) in [7, 11) is 0. The standard InChI is InChI=1S/C18H19F3N2O3/c1-3-14(22)15(24)8-12-5-7-17(23-10-12)25-13-6-4-11(2)16(9-13)26-18(19,20)21/h4-7,9-10,14H,3,8,22H2,1-2H3/t14-/m1/s1. The number of ketones is 1. The second kappa shape index (κ2) is 8.18. The molecule has 26 heavy (non-hydrogen) atoms. The van der Waals surface area contributed by atoms with Crippen molar-refractivity contribution in [3.63, 3.8) is 0 Å². The van der Waals surface area contributed by atoms with Crippen molar-refractivity contribution in [2.75, 3.05) is 0 Å². The Kier molecular flexibility index (Phi) is 6.20. The van der Waals surface area contributed by atoms with Crippen molar-refractivity contribution >= 4 is 5.78 Å². The van der Waals surface area contributed by atoms with Crippen molar-refractivity contribution in [2.24, 2.45) is 5.73 Å². The fourth-order valence-corrected chi connectivity index (χ4v) is 2.14. The van der Waals surface area contributed by atoms with E-state index in [4.69, 9.17) is 10.5 Å². The Morgan fingerprint density at radius 1 is 1.27 bits per heavy atom. The molecular weight excluding hydrogens is 349 g/mol. The highest BCUT2D eigenvalue weighted by Crippen LogP contribution is 2.31. The Morgan fingerprint density at radius 3 is 2.58 bits per heavy atom. The highest BCUT2D eigenvalue weighted by atomic mass is 19.4. The van der Waals surface area contributed by atoms with Gasteiger partial charge < -0.3 is 15.2 Å². The van der Waals surface area contributed by atoms with Crippen molar-refractivity contribution in [1.29, 1.82) is 0 Å². The molecule has 0 aliphatic rings. The van der Waals surface area contributed by atoms with E-state index in [9.17, 15) is 18.0 Å². The van der Waals surface area contributed by atoms with E-state index < -0.39 is 12.4 Å². The Morgan fingerprint density at radius 2 is 2.00 bits per heavy atom. The SMILES string of the molecule is CC[C@@H](N)C(=O)Cc1ccc(Oc2ccc(C)c(OC(F)(F)F)c2)nc1. The van der Waals surface area contributed by atoms with Crippen LogP contribution in [0.5, 0.6) is 17.4 Å². The molecule has 0 bridgehead atoms. The molecule has 0 saturated heterocycles. The van der Waals surface area contributed by atoms with Crippen LogP contribution in [-0.2, 0) is 11.2 Å². The predicted octanol–water partition coefficient (Wildman–Crippen LogP) is 3.93. The normalized spacial score (nSPS) is 12.5. The molecule has 0 aliphatic heterocycles. The van der Waals surface area contributed by atoms with Crippen LogP contribution in [0.4, 0.5) is 13.2 Å². The first-order valence-corrected chi connectivity index (χ1v) is 7.95. The number of carbonyl (C=O) groups is 1. The maximum atomic E-state index is 12.4. The molecule has 0 radical (unpaired) electrons. The maximum absolute atomic E-state index is 12.4. The molecule has 1 atom stereocenters. The number of pyridine rings is 1. The van der Waals surface area contributed by atoms with Gasteiger partial charge >= 0.3 is 6.36 Å². The number of aryl methyl sites for hydroxylation is 1. The lowest BCUT2D eigenvalue weighted by Crippen LogP contribution is -2.30. The molecule has 8 heteroatoms. The summed E-state index contributed by atoms with van der Waals surface area (Å²) in [6, 6.07) is 6.79. The molecule has 0 fully saturated rings. The van der Waals surface area contributed by atoms with E-state index in [1.54, 1.807) is 6.07 Å². The van der Waals surface area contributed by atoms with Gasteiger partial charge in [-0.1, -0.05) is 19.1 Å². The Labute approximate surface area is 148 Å². The number of Topliss-reactive ketones (excluding diaryl/α,β-unsaturated/α-hetero) is 1. The van der Waals surface area contributed by atoms with Crippen LogP contribution in [0.3, 0.4) is 0 Å². The first kappa shape index (κ1) is 19.7. The fourth-order valence-electron chi connectivity index (χ4n) is 2.14. The number of ether oxygens (including phenoxy) is 2. The lowest BCUT2D eigenvalue weighted by atomic mass is 10.0. The van der Waals surface area contributed by atoms with Crippen molar-refractivity contribution in [2.45, 2.75) is 39.1 Å². The van der Waals surface area contributed by atoms with E-state index in [0.717, 1.165) is 6.07 Å². The topological polar surface area (TPSA) is 74.4 Å². The quantitative estimate of drug-likeness (QED) is 0.802. The summed E-state index contributed by atoms with van der Waals surface area (Å²) in [5.74, 6) is -0.0943. The van der Waals surface area contributed by atoms with E-state index in [1.165, 1.54) is 31.3 Å². The summed E-state index contributed by atoms with van der Waals surface area (Å²) in [6.45, 7) is 3.33. The third-order valence-corrected chi connectivity index (χ3v) is 3.64. The third kappa shape index (κ3) is 5.73. The molecular formula is C18H19F3N2O3. The van der Waals surface area contributed by atoms with Crippen molar-refractivity contribution in [3.05, 3.63) is 47.7 Å². The van der Waals surface area contributed by atoms with Crippen molar-refractivity contribution in [3.8, 4) is 17.4 Å². The molecule has 2 N–H and O–H groups in total. The minimum absolute atomic E-state index is 0.0876. The number of carbonyl (C=O) groups excluding carboxylic acids is 1. The maximum Gasteiger partial charge on any atom is 0.573 e. The first-order valence-electron chi connectivity index (χ1n) is 7.95. The minimum atomic E-state index is -4.78. The number of halogens is 3. The smallest absolute Gasteiger partial charge is 0.439 e. The summed E-state index contributed by atoms with van der Waals surface area (Å²) in [5.41, 5.74) is 6.68. The molecule has 2 rings (SSSR count). The monoisotopic (exact) mass is 368 g/mol. The van der Waals surface area contributed by atoms with Crippen LogP contribution in [0.15, 0.2) is 36.5 Å². The van der Waals surface area contributed by atoms with E-state index in [2.05, 4.69) is 9.72 Å². The van der Waals surface area contributed by atoms with Crippen LogP contribution >= 0.6 is 0 Å². The summed E-state index contributed by atoms with van der Waals surface area (Å²) >= 11 is 0. The zero-order valence-corrected chi connectivity index (χ0v) is 14.3. The second-order valence-corrected chi connectivity index (χ2v) is 5.74. The average Bonchev–Trinajstić information content (AvgIpc) is 2.57. The highest BCUT2D eigenvalue weighted by molar-refractivity contribution is 5.85. The van der Waals surface area contributed by atoms with Crippen LogP contribution in [0.2, 0.25) is 0 Å². The summed E-state index contributed by atoms with van der Waals surface area (Å²) < 4.78 is 46.6. The van der Waals surface area contributed by atoms with Gasteiger partial charge in [-0.05, 0) is 30.5 Å². The number of hydrogen-bond acceptors (Lipinski definition) is 5.